The molecule has 0 aromatic carbocycles. The first kappa shape index (κ1) is 12.7. The fraction of sp³-hybridized carbons (Fsp3) is 0.909. The zero-order chi connectivity index (χ0) is 12.5. The highest BCUT2D eigenvalue weighted by Gasteiger charge is 2.42. The van der Waals surface area contributed by atoms with Crippen molar-refractivity contribution in [1.29, 1.82) is 0 Å². The van der Waals surface area contributed by atoms with E-state index in [4.69, 9.17) is 4.74 Å². The predicted molar refractivity (Wildman–Crippen MR) is 54.3 cm³/mol. The molecule has 0 aliphatic carbocycles. The number of hydrogen-bond donors (Lipinski definition) is 0. The highest BCUT2D eigenvalue weighted by atomic mass is 19.4. The molecule has 0 saturated carbocycles. The van der Waals surface area contributed by atoms with E-state index in [0.29, 0.717) is 19.6 Å². The van der Waals surface area contributed by atoms with Gasteiger partial charge in [0.05, 0.1) is 18.4 Å². The van der Waals surface area contributed by atoms with Crippen molar-refractivity contribution in [3.8, 4) is 0 Å². The van der Waals surface area contributed by atoms with Crippen molar-refractivity contribution in [3.05, 3.63) is 0 Å². The van der Waals surface area contributed by atoms with Gasteiger partial charge < -0.3 is 9.64 Å². The van der Waals surface area contributed by atoms with E-state index >= 15 is 0 Å². The lowest BCUT2D eigenvalue weighted by Crippen LogP contribution is -2.44. The van der Waals surface area contributed by atoms with E-state index in [1.165, 1.54) is 0 Å². The van der Waals surface area contributed by atoms with Gasteiger partial charge in [0.1, 0.15) is 0 Å². The van der Waals surface area contributed by atoms with E-state index in [1.54, 1.807) is 4.90 Å². The molecule has 2 saturated heterocycles. The highest BCUT2D eigenvalue weighted by Crippen LogP contribution is 2.34. The third kappa shape index (κ3) is 2.91. The first-order valence-corrected chi connectivity index (χ1v) is 5.91. The van der Waals surface area contributed by atoms with Gasteiger partial charge in [0, 0.05) is 19.7 Å². The molecule has 1 atom stereocenters. The summed E-state index contributed by atoms with van der Waals surface area (Å²) in [6, 6.07) is 0. The fourth-order valence-electron chi connectivity index (χ4n) is 2.41. The number of alkyl halides is 3. The molecule has 3 nitrogen and oxygen atoms in total. The number of ether oxygens (including phenoxy) is 1. The molecule has 1 amide bonds. The Morgan fingerprint density at radius 2 is 1.82 bits per heavy atom. The molecule has 2 rings (SSSR count). The van der Waals surface area contributed by atoms with Crippen LogP contribution < -0.4 is 0 Å². The van der Waals surface area contributed by atoms with Crippen LogP contribution in [-0.2, 0) is 9.53 Å². The smallest absolute Gasteiger partial charge is 0.381 e. The van der Waals surface area contributed by atoms with Crippen LogP contribution in [0.25, 0.3) is 0 Å². The van der Waals surface area contributed by atoms with Crippen molar-refractivity contribution >= 4 is 5.91 Å². The van der Waals surface area contributed by atoms with Crippen LogP contribution in [0.1, 0.15) is 19.3 Å². The number of hydrogen-bond acceptors (Lipinski definition) is 2. The minimum absolute atomic E-state index is 0.0306. The van der Waals surface area contributed by atoms with Gasteiger partial charge in [0.2, 0.25) is 5.91 Å². The second kappa shape index (κ2) is 4.84. The molecule has 98 valence electrons. The van der Waals surface area contributed by atoms with Crippen LogP contribution in [0, 0.1) is 11.8 Å². The van der Waals surface area contributed by atoms with Crippen LogP contribution in [0.15, 0.2) is 0 Å². The number of halogens is 3. The van der Waals surface area contributed by atoms with E-state index in [0.717, 1.165) is 0 Å². The Balaban J connectivity index is 1.84. The Morgan fingerprint density at radius 1 is 1.18 bits per heavy atom. The van der Waals surface area contributed by atoms with E-state index < -0.39 is 12.1 Å². The summed E-state index contributed by atoms with van der Waals surface area (Å²) in [5.74, 6) is -1.42. The van der Waals surface area contributed by atoms with E-state index in [-0.39, 0.29) is 37.8 Å². The summed E-state index contributed by atoms with van der Waals surface area (Å²) >= 11 is 0. The SMILES string of the molecule is O=C(C1CCOC1)N1CCC(C(F)(F)F)CC1. The zero-order valence-corrected chi connectivity index (χ0v) is 9.50. The number of likely N-dealkylation sites (tertiary alicyclic amines) is 1. The maximum atomic E-state index is 12.4. The number of nitrogens with zero attached hydrogens (tertiary/aromatic N) is 1. The second-order valence-electron chi connectivity index (χ2n) is 4.70. The highest BCUT2D eigenvalue weighted by molar-refractivity contribution is 5.79. The van der Waals surface area contributed by atoms with Crippen molar-refractivity contribution < 1.29 is 22.7 Å². The standard InChI is InChI=1S/C11H16F3NO2/c12-11(13,14)9-1-4-15(5-2-9)10(16)8-3-6-17-7-8/h8-9H,1-7H2. The quantitative estimate of drug-likeness (QED) is 0.711. The summed E-state index contributed by atoms with van der Waals surface area (Å²) in [6.07, 6.45) is -3.37. The van der Waals surface area contributed by atoms with Crippen LogP contribution in [0.2, 0.25) is 0 Å². The molecule has 2 fully saturated rings. The van der Waals surface area contributed by atoms with Crippen LogP contribution >= 0.6 is 0 Å². The number of piperidine rings is 1. The molecule has 0 bridgehead atoms. The Morgan fingerprint density at radius 3 is 2.29 bits per heavy atom. The van der Waals surface area contributed by atoms with Gasteiger partial charge >= 0.3 is 6.18 Å². The average molecular weight is 251 g/mol. The third-order valence-electron chi connectivity index (χ3n) is 3.55. The van der Waals surface area contributed by atoms with E-state index in [2.05, 4.69) is 0 Å². The summed E-state index contributed by atoms with van der Waals surface area (Å²) in [4.78, 5) is 13.5. The van der Waals surface area contributed by atoms with Crippen molar-refractivity contribution in [2.45, 2.75) is 25.4 Å². The Hall–Kier alpha value is -0.780. The molecule has 1 unspecified atom stereocenters. The summed E-state index contributed by atoms with van der Waals surface area (Å²) in [5, 5.41) is 0. The molecule has 0 aromatic heterocycles. The van der Waals surface area contributed by atoms with Crippen molar-refractivity contribution in [3.63, 3.8) is 0 Å². The Kier molecular flexibility index (Phi) is 3.61. The van der Waals surface area contributed by atoms with Gasteiger partial charge in [-0.05, 0) is 19.3 Å². The third-order valence-corrected chi connectivity index (χ3v) is 3.55. The zero-order valence-electron chi connectivity index (χ0n) is 9.50. The van der Waals surface area contributed by atoms with Crippen LogP contribution in [0.3, 0.4) is 0 Å². The normalized spacial score (nSPS) is 27.5. The van der Waals surface area contributed by atoms with Gasteiger partial charge in [-0.2, -0.15) is 13.2 Å². The van der Waals surface area contributed by atoms with Crippen LogP contribution in [0.4, 0.5) is 13.2 Å². The monoisotopic (exact) mass is 251 g/mol. The molecular weight excluding hydrogens is 235 g/mol. The molecule has 2 heterocycles. The Labute approximate surface area is 97.9 Å². The molecule has 6 heteroatoms. The number of amides is 1. The number of carbonyl (C=O) groups excluding carboxylic acids is 1. The minimum atomic E-state index is -4.12. The van der Waals surface area contributed by atoms with Gasteiger partial charge in [-0.1, -0.05) is 0 Å². The summed E-state index contributed by atoms with van der Waals surface area (Å²) < 4.78 is 42.5. The van der Waals surface area contributed by atoms with Gasteiger partial charge in [0.25, 0.3) is 0 Å². The van der Waals surface area contributed by atoms with E-state index in [9.17, 15) is 18.0 Å². The largest absolute Gasteiger partial charge is 0.391 e. The average Bonchev–Trinajstić information content (AvgIpc) is 2.80. The topological polar surface area (TPSA) is 29.5 Å². The van der Waals surface area contributed by atoms with Gasteiger partial charge in [-0.3, -0.25) is 4.79 Å². The van der Waals surface area contributed by atoms with Crippen LogP contribution in [-0.4, -0.2) is 43.3 Å². The minimum Gasteiger partial charge on any atom is -0.381 e. The second-order valence-corrected chi connectivity index (χ2v) is 4.70. The molecule has 2 aliphatic rings. The molecule has 2 aliphatic heterocycles. The maximum Gasteiger partial charge on any atom is 0.391 e. The first-order chi connectivity index (χ1) is 7.98. The van der Waals surface area contributed by atoms with Crippen LogP contribution in [0.5, 0.6) is 0 Å². The van der Waals surface area contributed by atoms with Crippen molar-refractivity contribution in [1.82, 2.24) is 4.90 Å². The van der Waals surface area contributed by atoms with Gasteiger partial charge in [-0.25, -0.2) is 0 Å². The summed E-state index contributed by atoms with van der Waals surface area (Å²) in [6.45, 7) is 1.44. The lowest BCUT2D eigenvalue weighted by molar-refractivity contribution is -0.187. The summed E-state index contributed by atoms with van der Waals surface area (Å²) in [7, 11) is 0. The molecule has 0 spiro atoms. The summed E-state index contributed by atoms with van der Waals surface area (Å²) in [5.41, 5.74) is 0. The molecule has 17 heavy (non-hydrogen) atoms. The molecule has 0 radical (unpaired) electrons. The van der Waals surface area contributed by atoms with Gasteiger partial charge in [0.15, 0.2) is 0 Å². The fourth-order valence-corrected chi connectivity index (χ4v) is 2.41. The van der Waals surface area contributed by atoms with Crippen molar-refractivity contribution in [2.24, 2.45) is 11.8 Å². The molecule has 0 aromatic rings. The molecule has 0 N–H and O–H groups in total. The lowest BCUT2D eigenvalue weighted by Gasteiger charge is -2.34. The Bertz CT molecular complexity index is 279. The predicted octanol–water partition coefficient (Wildman–Crippen LogP) is 1.82. The van der Waals surface area contributed by atoms with Crippen molar-refractivity contribution in [2.75, 3.05) is 26.3 Å². The van der Waals surface area contributed by atoms with E-state index in [1.807, 2.05) is 0 Å². The molecular formula is C11H16F3NO2. The maximum absolute atomic E-state index is 12.4. The number of rotatable bonds is 1. The number of carbonyl (C=O) groups is 1. The van der Waals surface area contributed by atoms with Gasteiger partial charge in [-0.15, -0.1) is 0 Å². The lowest BCUT2D eigenvalue weighted by atomic mass is 9.95. The first-order valence-electron chi connectivity index (χ1n) is 5.91.